The minimum Gasteiger partial charge on any atom is -0.481 e. The van der Waals surface area contributed by atoms with Crippen LogP contribution in [0.25, 0.3) is 0 Å². The van der Waals surface area contributed by atoms with Gasteiger partial charge >= 0.3 is 11.9 Å². The molecule has 5 rings (SSSR count). The number of amides is 2. The highest BCUT2D eigenvalue weighted by molar-refractivity contribution is 6.00. The number of carboxylic acids is 2. The van der Waals surface area contributed by atoms with Crippen molar-refractivity contribution in [2.45, 2.75) is 39.1 Å². The average Bonchev–Trinajstić information content (AvgIpc) is 3.12. The molecule has 2 amide bonds. The lowest BCUT2D eigenvalue weighted by Crippen LogP contribution is -2.65. The summed E-state index contributed by atoms with van der Waals surface area (Å²) in [6.07, 6.45) is -0.987. The van der Waals surface area contributed by atoms with Crippen LogP contribution in [0.2, 0.25) is 0 Å². The maximum atomic E-state index is 14.8. The highest BCUT2D eigenvalue weighted by Gasteiger charge is 2.65. The maximum Gasteiger partial charge on any atom is 0.308 e. The van der Waals surface area contributed by atoms with Gasteiger partial charge in [0.25, 0.3) is 0 Å². The Kier molecular flexibility index (Phi) is 11.9. The molecule has 0 aliphatic heterocycles. The van der Waals surface area contributed by atoms with Crippen LogP contribution >= 0.6 is 0 Å². The Bertz CT molecular complexity index is 1590. The van der Waals surface area contributed by atoms with E-state index in [4.69, 9.17) is 9.47 Å². The molecular weight excluding hydrogens is 636 g/mol. The van der Waals surface area contributed by atoms with Crippen LogP contribution < -0.4 is 9.47 Å². The predicted molar refractivity (Wildman–Crippen MR) is 186 cm³/mol. The monoisotopic (exact) mass is 678 g/mol. The summed E-state index contributed by atoms with van der Waals surface area (Å²) >= 11 is 0. The molecule has 6 atom stereocenters. The molecule has 4 aromatic carbocycles. The fourth-order valence-electron chi connectivity index (χ4n) is 6.64. The van der Waals surface area contributed by atoms with Crippen molar-refractivity contribution < 1.29 is 38.9 Å². The number of carbonyl (C=O) groups excluding carboxylic acids is 2. The van der Waals surface area contributed by atoms with E-state index in [-0.39, 0.29) is 13.1 Å². The Morgan fingerprint density at radius 3 is 1.10 bits per heavy atom. The number of carbonyl (C=O) groups is 4. The molecular formula is C40H42N2O8. The molecule has 260 valence electrons. The highest BCUT2D eigenvalue weighted by atomic mass is 16.5. The normalized spacial score (nSPS) is 19.2. The molecule has 1 aliphatic carbocycles. The first-order valence-corrected chi connectivity index (χ1v) is 16.9. The van der Waals surface area contributed by atoms with Crippen LogP contribution in [0, 0.1) is 23.7 Å². The zero-order valence-electron chi connectivity index (χ0n) is 28.1. The lowest BCUT2D eigenvalue weighted by Gasteiger charge is -2.49. The number of benzene rings is 4. The van der Waals surface area contributed by atoms with Crippen molar-refractivity contribution in [1.82, 2.24) is 9.80 Å². The van der Waals surface area contributed by atoms with Gasteiger partial charge in [-0.25, -0.2) is 0 Å². The molecule has 2 unspecified atom stereocenters. The van der Waals surface area contributed by atoms with Crippen molar-refractivity contribution in [3.8, 4) is 11.5 Å². The third-order valence-electron chi connectivity index (χ3n) is 8.90. The number of rotatable bonds is 16. The molecule has 10 heteroatoms. The van der Waals surface area contributed by atoms with Crippen molar-refractivity contribution in [2.75, 3.05) is 13.1 Å². The molecule has 1 fully saturated rings. The minimum absolute atomic E-state index is 0.162. The standard InChI is InChI=1S/C40H42N2O8/c1-3-25-41(37(27-17-9-5-10-18-27)49-29-21-13-7-14-22-29)35(43)31-32(34(40(47)48)33(31)39(45)46)36(44)42(26-4-2)38(28-19-11-6-12-20-28)50-30-23-15-8-16-24-30/h5-24,31-34,37-38H,3-4,25-26H2,1-2H3,(H,45,46)(H,47,48)/t31-,32+,33+,34-,37?,38?. The van der Waals surface area contributed by atoms with E-state index < -0.39 is 59.9 Å². The topological polar surface area (TPSA) is 134 Å². The molecule has 1 aliphatic rings. The van der Waals surface area contributed by atoms with Crippen molar-refractivity contribution in [3.63, 3.8) is 0 Å². The van der Waals surface area contributed by atoms with Gasteiger partial charge in [-0.1, -0.05) is 111 Å². The first-order valence-electron chi connectivity index (χ1n) is 16.9. The third-order valence-corrected chi connectivity index (χ3v) is 8.90. The summed E-state index contributed by atoms with van der Waals surface area (Å²) in [6.45, 7) is 4.07. The van der Waals surface area contributed by atoms with Crippen LogP contribution in [0.4, 0.5) is 0 Å². The Morgan fingerprint density at radius 2 is 0.820 bits per heavy atom. The first-order chi connectivity index (χ1) is 24.3. The van der Waals surface area contributed by atoms with Crippen molar-refractivity contribution >= 4 is 23.8 Å². The average molecular weight is 679 g/mol. The second-order valence-corrected chi connectivity index (χ2v) is 12.2. The van der Waals surface area contributed by atoms with Gasteiger partial charge in [-0.2, -0.15) is 0 Å². The summed E-state index contributed by atoms with van der Waals surface area (Å²) in [5, 5.41) is 20.8. The van der Waals surface area contributed by atoms with E-state index in [1.807, 2.05) is 38.1 Å². The lowest BCUT2D eigenvalue weighted by molar-refractivity contribution is -0.192. The molecule has 4 aromatic rings. The Morgan fingerprint density at radius 1 is 0.520 bits per heavy atom. The summed E-state index contributed by atoms with van der Waals surface area (Å²) in [7, 11) is 0. The Labute approximate surface area is 291 Å². The number of carboxylic acid groups (broad SMARTS) is 2. The fraction of sp³-hybridized carbons (Fsp3) is 0.300. The van der Waals surface area contributed by atoms with Crippen LogP contribution in [0.5, 0.6) is 11.5 Å². The van der Waals surface area contributed by atoms with E-state index in [9.17, 15) is 29.4 Å². The summed E-state index contributed by atoms with van der Waals surface area (Å²) < 4.78 is 12.8. The molecule has 1 saturated carbocycles. The van der Waals surface area contributed by atoms with Gasteiger partial charge in [0.2, 0.25) is 24.3 Å². The Balaban J connectivity index is 1.58. The largest absolute Gasteiger partial charge is 0.481 e. The molecule has 0 spiro atoms. The fourth-order valence-corrected chi connectivity index (χ4v) is 6.64. The molecule has 0 bridgehead atoms. The van der Waals surface area contributed by atoms with Gasteiger partial charge in [0.05, 0.1) is 23.7 Å². The summed E-state index contributed by atoms with van der Waals surface area (Å²) in [5.41, 5.74) is 1.27. The summed E-state index contributed by atoms with van der Waals surface area (Å²) in [4.78, 5) is 58.0. The van der Waals surface area contributed by atoms with Crippen molar-refractivity contribution in [1.29, 1.82) is 0 Å². The van der Waals surface area contributed by atoms with Crippen LogP contribution in [0.1, 0.15) is 50.3 Å². The molecule has 0 radical (unpaired) electrons. The zero-order valence-corrected chi connectivity index (χ0v) is 28.1. The number of aliphatic carboxylic acids is 2. The van der Waals surface area contributed by atoms with Gasteiger partial charge in [0.1, 0.15) is 11.5 Å². The van der Waals surface area contributed by atoms with E-state index in [2.05, 4.69) is 0 Å². The number of hydrogen-bond acceptors (Lipinski definition) is 6. The van der Waals surface area contributed by atoms with Gasteiger partial charge < -0.3 is 29.5 Å². The molecule has 0 aromatic heterocycles. The van der Waals surface area contributed by atoms with Crippen molar-refractivity contribution in [2.24, 2.45) is 23.7 Å². The van der Waals surface area contributed by atoms with Gasteiger partial charge in [-0.15, -0.1) is 0 Å². The van der Waals surface area contributed by atoms with Gasteiger partial charge in [0, 0.05) is 24.2 Å². The number of para-hydroxylation sites is 2. The third kappa shape index (κ3) is 7.80. The van der Waals surface area contributed by atoms with E-state index in [0.29, 0.717) is 35.5 Å². The summed E-state index contributed by atoms with van der Waals surface area (Å²) in [5.74, 6) is -9.55. The number of nitrogens with zero attached hydrogens (tertiary/aromatic N) is 2. The summed E-state index contributed by atoms with van der Waals surface area (Å²) in [6, 6.07) is 35.9. The minimum atomic E-state index is -1.64. The van der Waals surface area contributed by atoms with Gasteiger partial charge in [-0.3, -0.25) is 19.2 Å². The quantitative estimate of drug-likeness (QED) is 0.126. The maximum absolute atomic E-state index is 14.8. The molecule has 50 heavy (non-hydrogen) atoms. The molecule has 2 N–H and O–H groups in total. The van der Waals surface area contributed by atoms with Crippen LogP contribution in [0.3, 0.4) is 0 Å². The van der Waals surface area contributed by atoms with Crippen LogP contribution in [-0.4, -0.2) is 56.9 Å². The lowest BCUT2D eigenvalue weighted by atomic mass is 9.55. The second-order valence-electron chi connectivity index (χ2n) is 12.2. The predicted octanol–water partition coefficient (Wildman–Crippen LogP) is 6.67. The second kappa shape index (κ2) is 16.6. The molecule has 10 nitrogen and oxygen atoms in total. The van der Waals surface area contributed by atoms with Crippen LogP contribution in [-0.2, 0) is 19.2 Å². The van der Waals surface area contributed by atoms with Gasteiger partial charge in [-0.05, 0) is 37.1 Å². The zero-order chi connectivity index (χ0) is 35.6. The highest BCUT2D eigenvalue weighted by Crippen LogP contribution is 2.50. The Hall–Kier alpha value is -5.64. The smallest absolute Gasteiger partial charge is 0.308 e. The number of ether oxygens (including phenoxy) is 2. The van der Waals surface area contributed by atoms with E-state index in [1.165, 1.54) is 9.80 Å². The SMILES string of the molecule is CCCN(C(=O)[C@@H]1[C@@H](C(=O)O)[C@@H](C(=O)O)[C@@H]1C(=O)N(CCC)C(Oc1ccccc1)c1ccccc1)C(Oc1ccccc1)c1ccccc1. The number of hydrogen-bond donors (Lipinski definition) is 2. The van der Waals surface area contributed by atoms with E-state index in [0.717, 1.165) is 0 Å². The van der Waals surface area contributed by atoms with E-state index in [1.54, 1.807) is 97.1 Å². The van der Waals surface area contributed by atoms with Crippen molar-refractivity contribution in [3.05, 3.63) is 132 Å². The molecule has 0 saturated heterocycles. The van der Waals surface area contributed by atoms with Gasteiger partial charge in [0.15, 0.2) is 0 Å². The van der Waals surface area contributed by atoms with E-state index >= 15 is 0 Å². The van der Waals surface area contributed by atoms with Crippen LogP contribution in [0.15, 0.2) is 121 Å². The molecule has 0 heterocycles. The first kappa shape index (κ1) is 35.7.